The summed E-state index contributed by atoms with van der Waals surface area (Å²) in [5.41, 5.74) is 1.68. The lowest BCUT2D eigenvalue weighted by Crippen LogP contribution is -2.40. The van der Waals surface area contributed by atoms with Crippen molar-refractivity contribution in [1.29, 1.82) is 0 Å². The number of benzene rings is 2. The molecule has 0 bridgehead atoms. The minimum atomic E-state index is -4.20. The van der Waals surface area contributed by atoms with Gasteiger partial charge < -0.3 is 14.6 Å². The Balaban J connectivity index is 1.75. The van der Waals surface area contributed by atoms with Crippen molar-refractivity contribution in [3.05, 3.63) is 48.0 Å². The van der Waals surface area contributed by atoms with E-state index in [1.165, 1.54) is 6.07 Å². The van der Waals surface area contributed by atoms with E-state index in [1.54, 1.807) is 31.4 Å². The summed E-state index contributed by atoms with van der Waals surface area (Å²) in [6.07, 6.45) is 5.41. The maximum absolute atomic E-state index is 13.0. The molecule has 2 N–H and O–H groups in total. The second-order valence-electron chi connectivity index (χ2n) is 7.54. The van der Waals surface area contributed by atoms with Gasteiger partial charge in [-0.25, -0.2) is 8.42 Å². The number of ether oxygens (including phenoxy) is 2. The van der Waals surface area contributed by atoms with Gasteiger partial charge in [-0.3, -0.25) is 9.69 Å². The van der Waals surface area contributed by atoms with Crippen LogP contribution in [-0.2, 0) is 19.6 Å². The normalized spacial score (nSPS) is 14.9. The molecule has 2 aromatic carbocycles. The van der Waals surface area contributed by atoms with Gasteiger partial charge in [-0.1, -0.05) is 36.0 Å². The van der Waals surface area contributed by atoms with Crippen LogP contribution in [0.25, 0.3) is 11.1 Å². The van der Waals surface area contributed by atoms with E-state index in [2.05, 4.69) is 27.4 Å². The Labute approximate surface area is 199 Å². The number of carboxylic acid groups (broad SMARTS) is 1. The zero-order valence-corrected chi connectivity index (χ0v) is 19.6. The van der Waals surface area contributed by atoms with Crippen molar-refractivity contribution in [2.45, 2.75) is 17.4 Å². The molecule has 8 nitrogen and oxygen atoms in total. The third-order valence-corrected chi connectivity index (χ3v) is 6.81. The summed E-state index contributed by atoms with van der Waals surface area (Å²) >= 11 is 0. The van der Waals surface area contributed by atoms with E-state index in [9.17, 15) is 18.3 Å². The summed E-state index contributed by atoms with van der Waals surface area (Å²) in [5.74, 6) is 7.43. The zero-order chi connectivity index (χ0) is 24.6. The van der Waals surface area contributed by atoms with Crippen molar-refractivity contribution in [1.82, 2.24) is 9.62 Å². The number of morpholine rings is 1. The third-order valence-electron chi connectivity index (χ3n) is 5.28. The number of rotatable bonds is 8. The monoisotopic (exact) mass is 482 g/mol. The number of hydrogen-bond donors (Lipinski definition) is 2. The Morgan fingerprint density at radius 1 is 1.18 bits per heavy atom. The standard InChI is InChI=1S/C25H26N2O6S/c1-3-19-18-21(20-7-10-22(32-2)11-8-20)9-12-24(19)34(30,31)26-23(25(28)29)6-4-5-13-27-14-16-33-17-15-27/h1,7-12,18,23,26H,6,13-17H2,2H3,(H,28,29). The number of terminal acetylenes is 1. The Hall–Kier alpha value is -3.34. The molecule has 0 aliphatic carbocycles. The topological polar surface area (TPSA) is 105 Å². The average Bonchev–Trinajstić information content (AvgIpc) is 2.86. The van der Waals surface area contributed by atoms with Crippen LogP contribution in [0.4, 0.5) is 0 Å². The molecule has 1 atom stereocenters. The minimum Gasteiger partial charge on any atom is -0.497 e. The number of methoxy groups -OCH3 is 1. The highest BCUT2D eigenvalue weighted by Gasteiger charge is 2.26. The summed E-state index contributed by atoms with van der Waals surface area (Å²) < 4.78 is 38.6. The van der Waals surface area contributed by atoms with Gasteiger partial charge in [-0.2, -0.15) is 4.72 Å². The molecule has 178 valence electrons. The van der Waals surface area contributed by atoms with Crippen molar-refractivity contribution in [3.8, 4) is 41.1 Å². The van der Waals surface area contributed by atoms with Crippen molar-refractivity contribution < 1.29 is 27.8 Å². The molecule has 3 rings (SSSR count). The first kappa shape index (κ1) is 25.3. The highest BCUT2D eigenvalue weighted by molar-refractivity contribution is 7.89. The molecule has 1 saturated heterocycles. The van der Waals surface area contributed by atoms with E-state index in [0.29, 0.717) is 25.5 Å². The zero-order valence-electron chi connectivity index (χ0n) is 18.8. The Morgan fingerprint density at radius 2 is 1.85 bits per heavy atom. The first-order valence-corrected chi connectivity index (χ1v) is 12.1. The van der Waals surface area contributed by atoms with Crippen molar-refractivity contribution >= 4 is 16.0 Å². The maximum Gasteiger partial charge on any atom is 0.322 e. The van der Waals surface area contributed by atoms with Crippen LogP contribution in [-0.4, -0.2) is 70.4 Å². The van der Waals surface area contributed by atoms with Gasteiger partial charge in [0.15, 0.2) is 0 Å². The van der Waals surface area contributed by atoms with Gasteiger partial charge >= 0.3 is 5.97 Å². The predicted molar refractivity (Wildman–Crippen MR) is 128 cm³/mol. The fraction of sp³-hybridized carbons (Fsp3) is 0.320. The van der Waals surface area contributed by atoms with Gasteiger partial charge in [-0.05, 0) is 35.4 Å². The van der Waals surface area contributed by atoms with E-state index in [4.69, 9.17) is 15.9 Å². The van der Waals surface area contributed by atoms with Crippen molar-refractivity contribution in [2.24, 2.45) is 0 Å². The summed E-state index contributed by atoms with van der Waals surface area (Å²) in [6, 6.07) is 10.4. The van der Waals surface area contributed by atoms with Gasteiger partial charge in [-0.15, -0.1) is 6.42 Å². The second-order valence-corrected chi connectivity index (χ2v) is 9.22. The summed E-state index contributed by atoms with van der Waals surface area (Å²) in [4.78, 5) is 13.6. The molecule has 1 heterocycles. The largest absolute Gasteiger partial charge is 0.497 e. The van der Waals surface area contributed by atoms with Crippen LogP contribution in [0.3, 0.4) is 0 Å². The summed E-state index contributed by atoms with van der Waals surface area (Å²) in [5, 5.41) is 9.52. The lowest BCUT2D eigenvalue weighted by Gasteiger charge is -2.24. The minimum absolute atomic E-state index is 0.128. The fourth-order valence-electron chi connectivity index (χ4n) is 3.37. The molecule has 0 radical (unpaired) electrons. The number of aliphatic carboxylic acids is 1. The fourth-order valence-corrected chi connectivity index (χ4v) is 4.71. The highest BCUT2D eigenvalue weighted by atomic mass is 32.2. The van der Waals surface area contributed by atoms with Crippen molar-refractivity contribution in [2.75, 3.05) is 40.0 Å². The number of nitrogens with zero attached hydrogens (tertiary/aromatic N) is 1. The van der Waals surface area contributed by atoms with Crippen molar-refractivity contribution in [3.63, 3.8) is 0 Å². The van der Waals surface area contributed by atoms with Crippen LogP contribution in [0.1, 0.15) is 12.0 Å². The Bertz CT molecular complexity index is 1220. The van der Waals surface area contributed by atoms with E-state index in [0.717, 1.165) is 24.2 Å². The molecule has 0 amide bonds. The SMILES string of the molecule is C#Cc1cc(-c2ccc(OC)cc2)ccc1S(=O)(=O)NC(CC#CCN1CCOCC1)C(=O)O. The second kappa shape index (κ2) is 11.7. The van der Waals surface area contributed by atoms with E-state index in [-0.39, 0.29) is 16.9 Å². The quantitative estimate of drug-likeness (QED) is 0.553. The molecule has 0 aromatic heterocycles. The van der Waals surface area contributed by atoms with E-state index >= 15 is 0 Å². The van der Waals surface area contributed by atoms with Crippen LogP contribution < -0.4 is 9.46 Å². The molecule has 1 aliphatic rings. The molecule has 0 spiro atoms. The number of hydrogen-bond acceptors (Lipinski definition) is 6. The molecule has 34 heavy (non-hydrogen) atoms. The molecule has 1 fully saturated rings. The summed E-state index contributed by atoms with van der Waals surface area (Å²) in [7, 11) is -2.63. The first-order chi connectivity index (χ1) is 16.3. The number of nitrogens with one attached hydrogen (secondary N) is 1. The van der Waals surface area contributed by atoms with Gasteiger partial charge in [0.1, 0.15) is 11.8 Å². The van der Waals surface area contributed by atoms with Crippen LogP contribution >= 0.6 is 0 Å². The third kappa shape index (κ3) is 6.60. The molecular formula is C25H26N2O6S. The van der Waals surface area contributed by atoms with Crippen LogP contribution in [0, 0.1) is 24.2 Å². The lowest BCUT2D eigenvalue weighted by atomic mass is 10.0. The summed E-state index contributed by atoms with van der Waals surface area (Å²) in [6.45, 7) is 3.24. The van der Waals surface area contributed by atoms with Gasteiger partial charge in [0.05, 0.1) is 31.8 Å². The Morgan fingerprint density at radius 3 is 2.47 bits per heavy atom. The number of carboxylic acids is 1. The average molecular weight is 483 g/mol. The molecular weight excluding hydrogens is 456 g/mol. The molecule has 9 heteroatoms. The first-order valence-electron chi connectivity index (χ1n) is 10.6. The Kier molecular flexibility index (Phi) is 8.69. The van der Waals surface area contributed by atoms with Gasteiger partial charge in [0.2, 0.25) is 10.0 Å². The number of sulfonamides is 1. The highest BCUT2D eigenvalue weighted by Crippen LogP contribution is 2.26. The molecule has 1 aliphatic heterocycles. The predicted octanol–water partition coefficient (Wildman–Crippen LogP) is 1.80. The van der Waals surface area contributed by atoms with Crippen LogP contribution in [0.5, 0.6) is 5.75 Å². The molecule has 2 aromatic rings. The molecule has 0 saturated carbocycles. The molecule has 1 unspecified atom stereocenters. The van der Waals surface area contributed by atoms with Gasteiger partial charge in [0, 0.05) is 25.1 Å². The lowest BCUT2D eigenvalue weighted by molar-refractivity contribution is -0.138. The van der Waals surface area contributed by atoms with Crippen LogP contribution in [0.2, 0.25) is 0 Å². The van der Waals surface area contributed by atoms with E-state index < -0.39 is 22.0 Å². The van der Waals surface area contributed by atoms with Gasteiger partial charge in [0.25, 0.3) is 0 Å². The number of carbonyl (C=O) groups is 1. The van der Waals surface area contributed by atoms with E-state index in [1.807, 2.05) is 12.1 Å². The van der Waals surface area contributed by atoms with Crippen LogP contribution in [0.15, 0.2) is 47.4 Å². The smallest absolute Gasteiger partial charge is 0.322 e. The maximum atomic E-state index is 13.0.